The van der Waals surface area contributed by atoms with Gasteiger partial charge in [-0.2, -0.15) is 5.10 Å². The van der Waals surface area contributed by atoms with Crippen molar-refractivity contribution in [2.45, 2.75) is 25.1 Å². The van der Waals surface area contributed by atoms with Gasteiger partial charge in [-0.15, -0.1) is 0 Å². The molecular formula is C11H19N3O2. The Morgan fingerprint density at radius 3 is 3.00 bits per heavy atom. The van der Waals surface area contributed by atoms with Crippen LogP contribution in [0.15, 0.2) is 12.3 Å². The Bertz CT molecular complexity index is 340. The first-order valence-corrected chi connectivity index (χ1v) is 5.59. The Labute approximate surface area is 95.6 Å². The summed E-state index contributed by atoms with van der Waals surface area (Å²) in [5.74, 6) is 0. The van der Waals surface area contributed by atoms with Crippen molar-refractivity contribution in [1.82, 2.24) is 14.7 Å². The molecule has 0 amide bonds. The number of aromatic nitrogens is 2. The number of aliphatic hydroxyl groups is 1. The molecule has 1 aromatic rings. The van der Waals surface area contributed by atoms with E-state index in [4.69, 9.17) is 4.74 Å². The van der Waals surface area contributed by atoms with Crippen molar-refractivity contribution in [1.29, 1.82) is 0 Å². The zero-order valence-corrected chi connectivity index (χ0v) is 9.83. The topological polar surface area (TPSA) is 50.5 Å². The molecule has 1 saturated heterocycles. The Kier molecular flexibility index (Phi) is 3.58. The molecule has 0 spiro atoms. The lowest BCUT2D eigenvalue weighted by Crippen LogP contribution is -2.32. The first-order chi connectivity index (χ1) is 7.72. The number of rotatable bonds is 4. The van der Waals surface area contributed by atoms with Gasteiger partial charge in [-0.05, 0) is 12.5 Å². The normalized spacial score (nSPS) is 26.4. The summed E-state index contributed by atoms with van der Waals surface area (Å²) in [5.41, 5.74) is 1.04. The number of ether oxygens (including phenoxy) is 1. The van der Waals surface area contributed by atoms with Crippen LogP contribution in [-0.2, 0) is 18.3 Å². The molecule has 2 heterocycles. The molecule has 2 atom stereocenters. The number of nitrogens with zero attached hydrogens (tertiary/aromatic N) is 3. The van der Waals surface area contributed by atoms with Crippen LogP contribution in [0.3, 0.4) is 0 Å². The molecule has 5 heteroatoms. The summed E-state index contributed by atoms with van der Waals surface area (Å²) in [4.78, 5) is 2.23. The lowest BCUT2D eigenvalue weighted by molar-refractivity contribution is 0.107. The van der Waals surface area contributed by atoms with Crippen LogP contribution < -0.4 is 0 Å². The first-order valence-electron chi connectivity index (χ1n) is 5.59. The van der Waals surface area contributed by atoms with Gasteiger partial charge >= 0.3 is 0 Å². The van der Waals surface area contributed by atoms with Crippen LogP contribution in [-0.4, -0.2) is 52.2 Å². The van der Waals surface area contributed by atoms with Crippen molar-refractivity contribution >= 4 is 0 Å². The first kappa shape index (κ1) is 11.6. The molecule has 2 rings (SSSR count). The fourth-order valence-corrected chi connectivity index (χ4v) is 2.25. The van der Waals surface area contributed by atoms with E-state index in [9.17, 15) is 5.11 Å². The monoisotopic (exact) mass is 225 g/mol. The van der Waals surface area contributed by atoms with Crippen LogP contribution in [0.2, 0.25) is 0 Å². The maximum absolute atomic E-state index is 9.31. The van der Waals surface area contributed by atoms with E-state index in [0.717, 1.165) is 25.2 Å². The van der Waals surface area contributed by atoms with E-state index in [2.05, 4.69) is 10.00 Å². The molecule has 1 aromatic heterocycles. The van der Waals surface area contributed by atoms with Gasteiger partial charge in [0, 0.05) is 39.5 Å². The van der Waals surface area contributed by atoms with E-state index in [0.29, 0.717) is 0 Å². The quantitative estimate of drug-likeness (QED) is 0.784. The van der Waals surface area contributed by atoms with E-state index in [1.807, 2.05) is 19.3 Å². The zero-order valence-electron chi connectivity index (χ0n) is 9.83. The molecule has 1 fully saturated rings. The molecule has 1 aliphatic heterocycles. The summed E-state index contributed by atoms with van der Waals surface area (Å²) in [6.45, 7) is 1.84. The smallest absolute Gasteiger partial charge is 0.0764 e. The number of likely N-dealkylation sites (tertiary alicyclic amines) is 1. The molecule has 1 aliphatic rings. The van der Waals surface area contributed by atoms with Gasteiger partial charge in [0.15, 0.2) is 0 Å². The highest BCUT2D eigenvalue weighted by Gasteiger charge is 2.31. The number of aliphatic hydroxyl groups excluding tert-OH is 1. The van der Waals surface area contributed by atoms with Gasteiger partial charge < -0.3 is 9.84 Å². The lowest BCUT2D eigenvalue weighted by Gasteiger charge is -2.20. The minimum atomic E-state index is 0.187. The maximum atomic E-state index is 9.31. The second kappa shape index (κ2) is 4.95. The Morgan fingerprint density at radius 1 is 1.62 bits per heavy atom. The number of methoxy groups -OCH3 is 1. The van der Waals surface area contributed by atoms with Crippen LogP contribution in [0.25, 0.3) is 0 Å². The fraction of sp³-hybridized carbons (Fsp3) is 0.727. The number of hydrogen-bond acceptors (Lipinski definition) is 4. The van der Waals surface area contributed by atoms with Crippen molar-refractivity contribution < 1.29 is 9.84 Å². The fourth-order valence-electron chi connectivity index (χ4n) is 2.25. The van der Waals surface area contributed by atoms with Crippen LogP contribution in [0.5, 0.6) is 0 Å². The SMILES string of the molecule is CO[C@H]1C[C@@H](CO)N(Cc2ccn(C)n2)C1. The summed E-state index contributed by atoms with van der Waals surface area (Å²) in [6, 6.07) is 2.21. The van der Waals surface area contributed by atoms with Crippen molar-refractivity contribution in [3.05, 3.63) is 18.0 Å². The van der Waals surface area contributed by atoms with E-state index in [-0.39, 0.29) is 18.8 Å². The minimum absolute atomic E-state index is 0.187. The average molecular weight is 225 g/mol. The van der Waals surface area contributed by atoms with E-state index < -0.39 is 0 Å². The molecule has 0 bridgehead atoms. The Balaban J connectivity index is 1.98. The van der Waals surface area contributed by atoms with Gasteiger partial charge in [0.2, 0.25) is 0 Å². The summed E-state index contributed by atoms with van der Waals surface area (Å²) in [6.07, 6.45) is 3.08. The predicted octanol–water partition coefficient (Wildman–Crippen LogP) is 0.00170. The van der Waals surface area contributed by atoms with Crippen molar-refractivity contribution in [3.8, 4) is 0 Å². The molecule has 90 valence electrons. The van der Waals surface area contributed by atoms with Crippen LogP contribution in [0.1, 0.15) is 12.1 Å². The summed E-state index contributed by atoms with van der Waals surface area (Å²) >= 11 is 0. The van der Waals surface area contributed by atoms with Crippen molar-refractivity contribution in [2.75, 3.05) is 20.3 Å². The summed E-state index contributed by atoms with van der Waals surface area (Å²) in [5, 5.41) is 13.7. The highest BCUT2D eigenvalue weighted by Crippen LogP contribution is 2.21. The third-order valence-corrected chi connectivity index (χ3v) is 3.17. The molecule has 0 unspecified atom stereocenters. The molecular weight excluding hydrogens is 206 g/mol. The predicted molar refractivity (Wildman–Crippen MR) is 59.9 cm³/mol. The molecule has 1 N–H and O–H groups in total. The average Bonchev–Trinajstić information content (AvgIpc) is 2.85. The van der Waals surface area contributed by atoms with Gasteiger partial charge in [0.05, 0.1) is 18.4 Å². The van der Waals surface area contributed by atoms with Crippen molar-refractivity contribution in [2.24, 2.45) is 7.05 Å². The van der Waals surface area contributed by atoms with Gasteiger partial charge in [0.1, 0.15) is 0 Å². The second-order valence-electron chi connectivity index (χ2n) is 4.34. The largest absolute Gasteiger partial charge is 0.395 e. The summed E-state index contributed by atoms with van der Waals surface area (Å²) in [7, 11) is 3.64. The number of aryl methyl sites for hydroxylation is 1. The second-order valence-corrected chi connectivity index (χ2v) is 4.34. The lowest BCUT2D eigenvalue weighted by atomic mass is 10.2. The molecule has 0 aromatic carbocycles. The third-order valence-electron chi connectivity index (χ3n) is 3.17. The molecule has 16 heavy (non-hydrogen) atoms. The van der Waals surface area contributed by atoms with Gasteiger partial charge in [0.25, 0.3) is 0 Å². The third kappa shape index (κ3) is 2.42. The number of hydrogen-bond donors (Lipinski definition) is 1. The van der Waals surface area contributed by atoms with E-state index in [1.54, 1.807) is 11.8 Å². The van der Waals surface area contributed by atoms with E-state index >= 15 is 0 Å². The Morgan fingerprint density at radius 2 is 2.44 bits per heavy atom. The van der Waals surface area contributed by atoms with Crippen LogP contribution in [0, 0.1) is 0 Å². The van der Waals surface area contributed by atoms with Crippen LogP contribution >= 0.6 is 0 Å². The molecule has 0 saturated carbocycles. The maximum Gasteiger partial charge on any atom is 0.0764 e. The van der Waals surface area contributed by atoms with Crippen LogP contribution in [0.4, 0.5) is 0 Å². The molecule has 5 nitrogen and oxygen atoms in total. The highest BCUT2D eigenvalue weighted by atomic mass is 16.5. The standard InChI is InChI=1S/C11H19N3O2/c1-13-4-3-9(12-13)6-14-7-11(16-2)5-10(14)8-15/h3-4,10-11,15H,5-8H2,1-2H3/t10-,11-/m0/s1. The Hall–Kier alpha value is -0.910. The summed E-state index contributed by atoms with van der Waals surface area (Å²) < 4.78 is 7.14. The highest BCUT2D eigenvalue weighted by molar-refractivity contribution is 5.00. The molecule has 0 aliphatic carbocycles. The van der Waals surface area contributed by atoms with Crippen molar-refractivity contribution in [3.63, 3.8) is 0 Å². The van der Waals surface area contributed by atoms with Gasteiger partial charge in [-0.1, -0.05) is 0 Å². The van der Waals surface area contributed by atoms with Gasteiger partial charge in [-0.25, -0.2) is 0 Å². The van der Waals surface area contributed by atoms with Gasteiger partial charge in [-0.3, -0.25) is 9.58 Å². The minimum Gasteiger partial charge on any atom is -0.395 e. The van der Waals surface area contributed by atoms with E-state index in [1.165, 1.54) is 0 Å². The zero-order chi connectivity index (χ0) is 11.5. The molecule has 0 radical (unpaired) electrons.